The van der Waals surface area contributed by atoms with Gasteiger partial charge in [-0.3, -0.25) is 14.9 Å². The Labute approximate surface area is 124 Å². The van der Waals surface area contributed by atoms with E-state index in [2.05, 4.69) is 15.9 Å². The van der Waals surface area contributed by atoms with Gasteiger partial charge < -0.3 is 4.90 Å². The molecule has 1 fully saturated rings. The molecule has 7 heteroatoms. The van der Waals surface area contributed by atoms with Crippen LogP contribution in [0.2, 0.25) is 0 Å². The summed E-state index contributed by atoms with van der Waals surface area (Å²) >= 11 is 3.40. The van der Waals surface area contributed by atoms with Gasteiger partial charge in [0.1, 0.15) is 5.82 Å². The Kier molecular flexibility index (Phi) is 4.69. The van der Waals surface area contributed by atoms with Gasteiger partial charge in [-0.05, 0) is 24.8 Å². The van der Waals surface area contributed by atoms with Gasteiger partial charge in [0.15, 0.2) is 0 Å². The maximum absolute atomic E-state index is 13.4. The van der Waals surface area contributed by atoms with Crippen molar-refractivity contribution in [3.63, 3.8) is 0 Å². The molecule has 1 aliphatic heterocycles. The fourth-order valence-electron chi connectivity index (χ4n) is 2.36. The third-order valence-corrected chi connectivity index (χ3v) is 4.28. The van der Waals surface area contributed by atoms with Crippen LogP contribution in [0, 0.1) is 21.8 Å². The number of likely N-dealkylation sites (tertiary alicyclic amines) is 1. The van der Waals surface area contributed by atoms with Crippen molar-refractivity contribution in [2.24, 2.45) is 5.92 Å². The number of amides is 1. The third kappa shape index (κ3) is 3.33. The van der Waals surface area contributed by atoms with Crippen LogP contribution in [0.4, 0.5) is 10.1 Å². The van der Waals surface area contributed by atoms with E-state index in [1.165, 1.54) is 0 Å². The van der Waals surface area contributed by atoms with Crippen LogP contribution in [0.5, 0.6) is 0 Å². The summed E-state index contributed by atoms with van der Waals surface area (Å²) < 4.78 is 13.4. The highest BCUT2D eigenvalue weighted by atomic mass is 79.9. The Balaban J connectivity index is 2.22. The number of non-ortho nitro benzene ring substituents is 1. The number of rotatable bonds is 3. The van der Waals surface area contributed by atoms with E-state index in [1.807, 2.05) is 0 Å². The number of benzene rings is 1. The minimum absolute atomic E-state index is 0.0342. The minimum atomic E-state index is -0.767. The van der Waals surface area contributed by atoms with Crippen molar-refractivity contribution in [2.75, 3.05) is 18.4 Å². The lowest BCUT2D eigenvalue weighted by molar-refractivity contribution is -0.385. The van der Waals surface area contributed by atoms with Crippen LogP contribution in [0.15, 0.2) is 18.2 Å². The van der Waals surface area contributed by atoms with E-state index in [9.17, 15) is 19.3 Å². The Bertz CT molecular complexity index is 538. The molecule has 1 aromatic carbocycles. The summed E-state index contributed by atoms with van der Waals surface area (Å²) in [6, 6.07) is 2.99. The van der Waals surface area contributed by atoms with Crippen molar-refractivity contribution in [1.82, 2.24) is 4.90 Å². The van der Waals surface area contributed by atoms with Crippen LogP contribution in [-0.2, 0) is 0 Å². The standard InChI is InChI=1S/C13H14BrFN2O3/c14-7-9-2-1-3-16(8-9)13(18)10-4-11(15)6-12(5-10)17(19)20/h4-6,9H,1-3,7-8H2. The van der Waals surface area contributed by atoms with Crippen molar-refractivity contribution in [2.45, 2.75) is 12.8 Å². The van der Waals surface area contributed by atoms with Crippen LogP contribution < -0.4 is 0 Å². The molecule has 0 aliphatic carbocycles. The van der Waals surface area contributed by atoms with Gasteiger partial charge in [0, 0.05) is 30.0 Å². The number of carbonyl (C=O) groups is 1. The van der Waals surface area contributed by atoms with E-state index >= 15 is 0 Å². The molecule has 20 heavy (non-hydrogen) atoms. The zero-order chi connectivity index (χ0) is 14.7. The first-order valence-corrected chi connectivity index (χ1v) is 7.43. The summed E-state index contributed by atoms with van der Waals surface area (Å²) in [5.41, 5.74) is -0.366. The fraction of sp³-hybridized carbons (Fsp3) is 0.462. The number of nitro benzene ring substituents is 1. The molecular formula is C13H14BrFN2O3. The molecule has 0 aromatic heterocycles. The number of nitro groups is 1. The predicted octanol–water partition coefficient (Wildman–Crippen LogP) is 2.98. The largest absolute Gasteiger partial charge is 0.338 e. The van der Waals surface area contributed by atoms with Gasteiger partial charge in [-0.2, -0.15) is 0 Å². The number of halogens is 2. The van der Waals surface area contributed by atoms with Gasteiger partial charge in [-0.15, -0.1) is 0 Å². The summed E-state index contributed by atoms with van der Waals surface area (Å²) in [7, 11) is 0. The van der Waals surface area contributed by atoms with E-state index in [1.54, 1.807) is 4.90 Å². The maximum atomic E-state index is 13.4. The van der Waals surface area contributed by atoms with Crippen molar-refractivity contribution in [1.29, 1.82) is 0 Å². The molecule has 1 unspecified atom stereocenters. The Morgan fingerprint density at radius 3 is 2.90 bits per heavy atom. The van der Waals surface area contributed by atoms with Gasteiger partial charge in [0.2, 0.25) is 0 Å². The molecule has 1 aliphatic rings. The zero-order valence-electron chi connectivity index (χ0n) is 10.7. The second-order valence-corrected chi connectivity index (χ2v) is 5.52. The molecule has 0 bridgehead atoms. The summed E-state index contributed by atoms with van der Waals surface area (Å²) in [4.78, 5) is 24.0. The third-order valence-electron chi connectivity index (χ3n) is 3.36. The molecule has 108 valence electrons. The highest BCUT2D eigenvalue weighted by molar-refractivity contribution is 9.09. The highest BCUT2D eigenvalue weighted by Gasteiger charge is 2.25. The quantitative estimate of drug-likeness (QED) is 0.481. The van der Waals surface area contributed by atoms with E-state index in [4.69, 9.17) is 0 Å². The smallest absolute Gasteiger partial charge is 0.273 e. The number of hydrogen-bond donors (Lipinski definition) is 0. The molecule has 1 atom stereocenters. The van der Waals surface area contributed by atoms with Crippen LogP contribution >= 0.6 is 15.9 Å². The zero-order valence-corrected chi connectivity index (χ0v) is 12.3. The Hall–Kier alpha value is -1.50. The topological polar surface area (TPSA) is 63.4 Å². The highest BCUT2D eigenvalue weighted by Crippen LogP contribution is 2.22. The number of hydrogen-bond acceptors (Lipinski definition) is 3. The summed E-state index contributed by atoms with van der Waals surface area (Å²) in [6.45, 7) is 1.20. The van der Waals surface area contributed by atoms with E-state index in [0.717, 1.165) is 36.4 Å². The van der Waals surface area contributed by atoms with E-state index < -0.39 is 16.4 Å². The first-order chi connectivity index (χ1) is 9.51. The summed E-state index contributed by atoms with van der Waals surface area (Å²) in [5, 5.41) is 11.5. The van der Waals surface area contributed by atoms with Crippen LogP contribution in [0.25, 0.3) is 0 Å². The first kappa shape index (κ1) is 14.9. The summed E-state index contributed by atoms with van der Waals surface area (Å²) in [5.74, 6) is -0.744. The SMILES string of the molecule is O=C(c1cc(F)cc([N+](=O)[O-])c1)N1CCCC(CBr)C1. The molecule has 1 aromatic rings. The second kappa shape index (κ2) is 6.30. The summed E-state index contributed by atoms with van der Waals surface area (Å²) in [6.07, 6.45) is 1.93. The lowest BCUT2D eigenvalue weighted by Gasteiger charge is -2.32. The number of carbonyl (C=O) groups excluding carboxylic acids is 1. The molecule has 0 N–H and O–H groups in total. The number of piperidine rings is 1. The molecule has 2 rings (SSSR count). The van der Waals surface area contributed by atoms with Crippen molar-refractivity contribution in [3.8, 4) is 0 Å². The van der Waals surface area contributed by atoms with Crippen LogP contribution in [0.3, 0.4) is 0 Å². The molecular weight excluding hydrogens is 331 g/mol. The van der Waals surface area contributed by atoms with Gasteiger partial charge in [-0.1, -0.05) is 15.9 Å². The molecule has 5 nitrogen and oxygen atoms in total. The van der Waals surface area contributed by atoms with Gasteiger partial charge in [0.05, 0.1) is 11.0 Å². The average Bonchev–Trinajstić information content (AvgIpc) is 2.45. The van der Waals surface area contributed by atoms with Crippen molar-refractivity contribution >= 4 is 27.5 Å². The first-order valence-electron chi connectivity index (χ1n) is 6.31. The number of nitrogens with zero attached hydrogens (tertiary/aromatic N) is 2. The Morgan fingerprint density at radius 1 is 1.50 bits per heavy atom. The van der Waals surface area contributed by atoms with E-state index in [-0.39, 0.29) is 11.5 Å². The molecule has 1 amide bonds. The average molecular weight is 345 g/mol. The van der Waals surface area contributed by atoms with Gasteiger partial charge >= 0.3 is 0 Å². The molecule has 0 radical (unpaired) electrons. The molecule has 1 saturated heterocycles. The normalized spacial score (nSPS) is 18.9. The Morgan fingerprint density at radius 2 is 2.25 bits per heavy atom. The van der Waals surface area contributed by atoms with Crippen LogP contribution in [-0.4, -0.2) is 34.2 Å². The van der Waals surface area contributed by atoms with E-state index in [0.29, 0.717) is 19.0 Å². The van der Waals surface area contributed by atoms with Gasteiger partial charge in [0.25, 0.3) is 11.6 Å². The van der Waals surface area contributed by atoms with Crippen molar-refractivity contribution < 1.29 is 14.1 Å². The van der Waals surface area contributed by atoms with Gasteiger partial charge in [-0.25, -0.2) is 4.39 Å². The number of alkyl halides is 1. The second-order valence-electron chi connectivity index (χ2n) is 4.87. The fourth-order valence-corrected chi connectivity index (χ4v) is 2.89. The lowest BCUT2D eigenvalue weighted by Crippen LogP contribution is -2.40. The predicted molar refractivity (Wildman–Crippen MR) is 75.5 cm³/mol. The molecule has 0 spiro atoms. The molecule has 0 saturated carbocycles. The lowest BCUT2D eigenvalue weighted by atomic mass is 9.99. The minimum Gasteiger partial charge on any atom is -0.338 e. The molecule has 1 heterocycles. The van der Waals surface area contributed by atoms with Crippen molar-refractivity contribution in [3.05, 3.63) is 39.7 Å². The van der Waals surface area contributed by atoms with Crippen LogP contribution in [0.1, 0.15) is 23.2 Å². The monoisotopic (exact) mass is 344 g/mol. The maximum Gasteiger partial charge on any atom is 0.273 e.